The SMILES string of the molecule is COc1cc(/C=C/COC[C@H]2O[C@@H](O[C@H]3[C@H](Oc4cc5c(O[C@@H]6O[C@H](CO)[C@@H](O)[C@H](O)[C@H]6O)cc(O)cc5[o+]c4-c4ccc(O)c(O)c4)O[C@H](COC/C=C/c4ccc(O)c(O)c4)[C@@H](O)[C@@H]3O)[C@H](O)[C@@H](O)[C@@H]2O)ccc1O. The van der Waals surface area contributed by atoms with Crippen LogP contribution in [0.15, 0.2) is 89.4 Å². The minimum Gasteiger partial charge on any atom is -0.507 e. The summed E-state index contributed by atoms with van der Waals surface area (Å²) < 4.78 is 59.1. The number of hydrogen-bond donors (Lipinski definition) is 15. The largest absolute Gasteiger partial charge is 0.507 e. The zero-order valence-corrected chi connectivity index (χ0v) is 40.7. The summed E-state index contributed by atoms with van der Waals surface area (Å²) in [6.45, 7) is -1.79. The Bertz CT molecular complexity index is 2860. The topological polar surface area (TPSA) is 398 Å². The van der Waals surface area contributed by atoms with E-state index in [1.807, 2.05) is 0 Å². The van der Waals surface area contributed by atoms with E-state index in [-0.39, 0.29) is 76.6 Å². The number of phenolic OH excluding ortho intramolecular Hbond substituents is 6. The van der Waals surface area contributed by atoms with Crippen LogP contribution in [0.25, 0.3) is 34.4 Å². The Hall–Kier alpha value is -6.63. The minimum absolute atomic E-state index is 0.0167. The van der Waals surface area contributed by atoms with Gasteiger partial charge in [-0.1, -0.05) is 36.4 Å². The third-order valence-electron chi connectivity index (χ3n) is 12.8. The Morgan fingerprint density at radius 1 is 0.506 bits per heavy atom. The first-order chi connectivity index (χ1) is 36.8. The van der Waals surface area contributed by atoms with Gasteiger partial charge in [-0.15, -0.1) is 0 Å². The van der Waals surface area contributed by atoms with Crippen LogP contribution in [0.4, 0.5) is 0 Å². The summed E-state index contributed by atoms with van der Waals surface area (Å²) in [4.78, 5) is 0. The fourth-order valence-corrected chi connectivity index (χ4v) is 8.56. The quantitative estimate of drug-likeness (QED) is 0.0300. The molecule has 3 aliphatic heterocycles. The van der Waals surface area contributed by atoms with Gasteiger partial charge in [0.15, 0.2) is 46.9 Å². The first-order valence-electron chi connectivity index (χ1n) is 23.9. The van der Waals surface area contributed by atoms with Gasteiger partial charge in [0, 0.05) is 18.2 Å². The zero-order chi connectivity index (χ0) is 55.2. The van der Waals surface area contributed by atoms with Gasteiger partial charge in [-0.3, -0.25) is 0 Å². The number of rotatable bonds is 19. The van der Waals surface area contributed by atoms with Crippen molar-refractivity contribution >= 4 is 23.1 Å². The summed E-state index contributed by atoms with van der Waals surface area (Å²) in [5.41, 5.74) is 1.01. The second kappa shape index (κ2) is 24.8. The Balaban J connectivity index is 1.11. The molecule has 8 rings (SSSR count). The highest BCUT2D eigenvalue weighted by atomic mass is 16.8. The van der Waals surface area contributed by atoms with Gasteiger partial charge in [0.1, 0.15) is 84.0 Å². The molecule has 1 aromatic heterocycles. The predicted octanol–water partition coefficient (Wildman–Crippen LogP) is 0.280. The van der Waals surface area contributed by atoms with Gasteiger partial charge >= 0.3 is 11.3 Å². The summed E-state index contributed by atoms with van der Waals surface area (Å²) in [7, 11) is 1.40. The maximum atomic E-state index is 11.9. The zero-order valence-electron chi connectivity index (χ0n) is 40.7. The number of ether oxygens (including phenoxy) is 9. The lowest BCUT2D eigenvalue weighted by atomic mass is 9.97. The maximum absolute atomic E-state index is 11.9. The van der Waals surface area contributed by atoms with Crippen molar-refractivity contribution in [3.8, 4) is 63.1 Å². The summed E-state index contributed by atoms with van der Waals surface area (Å²) >= 11 is 0. The summed E-state index contributed by atoms with van der Waals surface area (Å²) in [6, 6.07) is 15.7. The molecular weight excluding hydrogens is 1020 g/mol. The average Bonchev–Trinajstić information content (AvgIpc) is 3.41. The number of phenols is 6. The summed E-state index contributed by atoms with van der Waals surface area (Å²) in [5, 5.41) is 159. The fourth-order valence-electron chi connectivity index (χ4n) is 8.56. The molecule has 3 saturated heterocycles. The molecule has 0 saturated carbocycles. The molecule has 4 aromatic carbocycles. The van der Waals surface area contributed by atoms with E-state index in [2.05, 4.69) is 0 Å². The van der Waals surface area contributed by atoms with E-state index in [1.54, 1.807) is 36.4 Å². The van der Waals surface area contributed by atoms with Crippen molar-refractivity contribution in [1.82, 2.24) is 0 Å². The van der Waals surface area contributed by atoms with E-state index in [0.717, 1.165) is 24.3 Å². The van der Waals surface area contributed by atoms with E-state index in [9.17, 15) is 76.6 Å². The second-order valence-corrected chi connectivity index (χ2v) is 18.1. The average molecular weight is 1080 g/mol. The van der Waals surface area contributed by atoms with Crippen molar-refractivity contribution in [1.29, 1.82) is 0 Å². The van der Waals surface area contributed by atoms with E-state index >= 15 is 0 Å². The smallest absolute Gasteiger partial charge is 0.402 e. The lowest BCUT2D eigenvalue weighted by molar-refractivity contribution is -0.358. The van der Waals surface area contributed by atoms with Crippen LogP contribution in [0.2, 0.25) is 0 Å². The first kappa shape index (κ1) is 56.6. The Morgan fingerprint density at radius 3 is 1.68 bits per heavy atom. The third-order valence-corrected chi connectivity index (χ3v) is 12.8. The van der Waals surface area contributed by atoms with Crippen molar-refractivity contribution in [3.05, 3.63) is 96.1 Å². The van der Waals surface area contributed by atoms with Crippen LogP contribution in [-0.4, -0.2) is 209 Å². The number of hydrogen-bond acceptors (Lipinski definition) is 24. The number of aliphatic hydroxyl groups is 9. The molecule has 15 N–H and O–H groups in total. The molecule has 416 valence electrons. The molecule has 25 nitrogen and oxygen atoms in total. The minimum atomic E-state index is -2.01. The van der Waals surface area contributed by atoms with Gasteiger partial charge in [0.2, 0.25) is 18.3 Å². The Kier molecular flexibility index (Phi) is 18.2. The lowest BCUT2D eigenvalue weighted by Gasteiger charge is -2.46. The number of aromatic hydroxyl groups is 6. The van der Waals surface area contributed by atoms with Crippen molar-refractivity contribution < 1.29 is 124 Å². The molecule has 0 radical (unpaired) electrons. The van der Waals surface area contributed by atoms with Crippen molar-refractivity contribution in [2.45, 2.75) is 92.1 Å². The van der Waals surface area contributed by atoms with E-state index in [0.29, 0.717) is 11.1 Å². The van der Waals surface area contributed by atoms with Gasteiger partial charge in [0.25, 0.3) is 0 Å². The van der Waals surface area contributed by atoms with Crippen LogP contribution in [0.5, 0.6) is 51.7 Å². The molecule has 0 spiro atoms. The molecule has 0 aliphatic carbocycles. The standard InChI is InChI=1S/C52H58O25/c1-68-35-15-24(7-10-30(35)57)5-3-13-69-21-38-41(61)44(64)47(67)51(75-38)77-49-45(65)42(62)39(22-70-12-2-4-23-6-9-28(55)31(58)14-23)76-52(49)73-36-19-27-33(71-48(36)25-8-11-29(56)32(59)16-25)17-26(54)18-34(27)72-50-46(66)43(63)40(60)37(20-53)74-50/h2-11,14-19,37-47,49-53,60-67H,12-13,20-22H2,1H3,(H5-,54,55,56,57,58,59)/p+1/b4-2+,5-3+/t37-,38-,39-,40-,41-,42-,43+,44+,45+,46-,47-,49-,50-,51+,52-/m1/s1. The third kappa shape index (κ3) is 12.9. The predicted molar refractivity (Wildman–Crippen MR) is 262 cm³/mol. The molecule has 77 heavy (non-hydrogen) atoms. The summed E-state index contributed by atoms with van der Waals surface area (Å²) in [5.74, 6) is -3.04. The van der Waals surface area contributed by atoms with Crippen LogP contribution < -0.4 is 14.2 Å². The monoisotopic (exact) mass is 1080 g/mol. The van der Waals surface area contributed by atoms with Gasteiger partial charge < -0.3 is 119 Å². The van der Waals surface area contributed by atoms with Crippen LogP contribution >= 0.6 is 0 Å². The van der Waals surface area contributed by atoms with Crippen LogP contribution in [-0.2, 0) is 28.4 Å². The molecule has 3 fully saturated rings. The number of methoxy groups -OCH3 is 1. The highest BCUT2D eigenvalue weighted by molar-refractivity contribution is 5.89. The molecule has 5 aromatic rings. The molecule has 4 heterocycles. The van der Waals surface area contributed by atoms with Crippen molar-refractivity contribution in [2.24, 2.45) is 0 Å². The molecular formula is C52H59O25+. The van der Waals surface area contributed by atoms with Gasteiger partial charge in [0.05, 0.1) is 51.8 Å². The highest BCUT2D eigenvalue weighted by Crippen LogP contribution is 2.44. The van der Waals surface area contributed by atoms with Crippen LogP contribution in [0.3, 0.4) is 0 Å². The van der Waals surface area contributed by atoms with E-state index in [4.69, 9.17) is 47.0 Å². The van der Waals surface area contributed by atoms with E-state index < -0.39 is 123 Å². The Morgan fingerprint density at radius 2 is 1.05 bits per heavy atom. The maximum Gasteiger partial charge on any atom is 0.402 e. The van der Waals surface area contributed by atoms with Crippen molar-refractivity contribution in [3.63, 3.8) is 0 Å². The number of fused-ring (bicyclic) bond motifs is 1. The number of aliphatic hydroxyl groups excluding tert-OH is 9. The van der Waals surface area contributed by atoms with Crippen molar-refractivity contribution in [2.75, 3.05) is 40.1 Å². The normalized spacial score (nSPS) is 29.8. The molecule has 0 bridgehead atoms. The Labute approximate surface area is 437 Å². The van der Waals surface area contributed by atoms with Gasteiger partial charge in [-0.05, 0) is 47.5 Å². The summed E-state index contributed by atoms with van der Waals surface area (Å²) in [6.07, 6.45) is -20.4. The van der Waals surface area contributed by atoms with Gasteiger partial charge in [-0.25, -0.2) is 4.42 Å². The molecule has 3 aliphatic rings. The second-order valence-electron chi connectivity index (χ2n) is 18.1. The molecule has 0 unspecified atom stereocenters. The molecule has 0 amide bonds. The van der Waals surface area contributed by atoms with E-state index in [1.165, 1.54) is 43.5 Å². The number of benzene rings is 4. The first-order valence-corrected chi connectivity index (χ1v) is 23.9. The molecule has 25 heteroatoms. The highest BCUT2D eigenvalue weighted by Gasteiger charge is 2.52. The van der Waals surface area contributed by atoms with Crippen LogP contribution in [0, 0.1) is 0 Å². The van der Waals surface area contributed by atoms with Gasteiger partial charge in [-0.2, -0.15) is 0 Å². The lowest BCUT2D eigenvalue weighted by Crippen LogP contribution is -2.65. The fraction of sp³-hybridized carbons (Fsp3) is 0.404. The van der Waals surface area contributed by atoms with Crippen LogP contribution in [0.1, 0.15) is 11.1 Å². The molecule has 15 atom stereocenters.